The Kier molecular flexibility index (Phi) is 5.07. The van der Waals surface area contributed by atoms with Crippen LogP contribution >= 0.6 is 0 Å². The molecule has 0 aliphatic rings. The van der Waals surface area contributed by atoms with Crippen LogP contribution in [0.3, 0.4) is 0 Å². The molecule has 0 aliphatic heterocycles. The highest BCUT2D eigenvalue weighted by atomic mass is 16.3. The standard InChI is InChI=1S/C11H18N2O2/c1-9(4-5-14)6-12-7-10-2-3-11(15)8-13-10/h2-3,8-9,12,14-15H,4-7H2,1H3. The Morgan fingerprint density at radius 2 is 2.27 bits per heavy atom. The summed E-state index contributed by atoms with van der Waals surface area (Å²) in [5, 5.41) is 21.0. The van der Waals surface area contributed by atoms with Crippen molar-refractivity contribution in [1.29, 1.82) is 0 Å². The second-order valence-corrected chi connectivity index (χ2v) is 3.76. The zero-order chi connectivity index (χ0) is 11.1. The SMILES string of the molecule is CC(CCO)CNCc1ccc(O)cn1. The maximum atomic E-state index is 9.03. The van der Waals surface area contributed by atoms with Crippen molar-refractivity contribution < 1.29 is 10.2 Å². The Morgan fingerprint density at radius 3 is 2.87 bits per heavy atom. The third-order valence-corrected chi connectivity index (χ3v) is 2.23. The van der Waals surface area contributed by atoms with Gasteiger partial charge < -0.3 is 15.5 Å². The second-order valence-electron chi connectivity index (χ2n) is 3.76. The Bertz CT molecular complexity index is 274. The highest BCUT2D eigenvalue weighted by molar-refractivity contribution is 5.17. The minimum Gasteiger partial charge on any atom is -0.506 e. The van der Waals surface area contributed by atoms with Crippen LogP contribution in [0.15, 0.2) is 18.3 Å². The number of hydrogen-bond donors (Lipinski definition) is 3. The van der Waals surface area contributed by atoms with Gasteiger partial charge in [-0.3, -0.25) is 4.98 Å². The molecule has 0 saturated carbocycles. The number of nitrogens with zero attached hydrogens (tertiary/aromatic N) is 1. The van der Waals surface area contributed by atoms with Crippen LogP contribution in [-0.4, -0.2) is 28.3 Å². The Labute approximate surface area is 90.0 Å². The fourth-order valence-electron chi connectivity index (χ4n) is 1.29. The van der Waals surface area contributed by atoms with Gasteiger partial charge in [-0.15, -0.1) is 0 Å². The van der Waals surface area contributed by atoms with E-state index in [-0.39, 0.29) is 12.4 Å². The summed E-state index contributed by atoms with van der Waals surface area (Å²) in [6.07, 6.45) is 2.25. The molecule has 1 heterocycles. The number of hydrogen-bond acceptors (Lipinski definition) is 4. The Hall–Kier alpha value is -1.13. The van der Waals surface area contributed by atoms with Gasteiger partial charge in [0.2, 0.25) is 0 Å². The predicted molar refractivity (Wildman–Crippen MR) is 58.5 cm³/mol. The molecule has 0 saturated heterocycles. The van der Waals surface area contributed by atoms with E-state index in [9.17, 15) is 0 Å². The van der Waals surface area contributed by atoms with Gasteiger partial charge in [0.05, 0.1) is 11.9 Å². The molecule has 0 aromatic carbocycles. The van der Waals surface area contributed by atoms with Crippen molar-refractivity contribution >= 4 is 0 Å². The molecule has 1 aromatic rings. The van der Waals surface area contributed by atoms with Crippen LogP contribution in [0.1, 0.15) is 19.0 Å². The third kappa shape index (κ3) is 4.76. The molecule has 84 valence electrons. The number of aliphatic hydroxyl groups is 1. The van der Waals surface area contributed by atoms with E-state index in [0.29, 0.717) is 12.5 Å². The van der Waals surface area contributed by atoms with Crippen LogP contribution < -0.4 is 5.32 Å². The zero-order valence-corrected chi connectivity index (χ0v) is 8.98. The van der Waals surface area contributed by atoms with Crippen LogP contribution in [-0.2, 0) is 6.54 Å². The first-order valence-corrected chi connectivity index (χ1v) is 5.18. The fraction of sp³-hybridized carbons (Fsp3) is 0.545. The number of pyridine rings is 1. The van der Waals surface area contributed by atoms with Gasteiger partial charge in [0.25, 0.3) is 0 Å². The Morgan fingerprint density at radius 1 is 1.47 bits per heavy atom. The molecule has 0 radical (unpaired) electrons. The average Bonchev–Trinajstić information content (AvgIpc) is 2.21. The van der Waals surface area contributed by atoms with Gasteiger partial charge in [0.15, 0.2) is 0 Å². The summed E-state index contributed by atoms with van der Waals surface area (Å²) < 4.78 is 0. The molecule has 4 nitrogen and oxygen atoms in total. The van der Waals surface area contributed by atoms with E-state index in [1.54, 1.807) is 12.1 Å². The molecule has 0 spiro atoms. The molecular weight excluding hydrogens is 192 g/mol. The summed E-state index contributed by atoms with van der Waals surface area (Å²) in [6.45, 7) is 3.88. The monoisotopic (exact) mass is 210 g/mol. The second kappa shape index (κ2) is 6.37. The van der Waals surface area contributed by atoms with E-state index in [2.05, 4.69) is 17.2 Å². The lowest BCUT2D eigenvalue weighted by Crippen LogP contribution is -2.21. The van der Waals surface area contributed by atoms with E-state index in [1.807, 2.05) is 0 Å². The fourth-order valence-corrected chi connectivity index (χ4v) is 1.29. The number of rotatable bonds is 6. The van der Waals surface area contributed by atoms with Crippen molar-refractivity contribution in [3.05, 3.63) is 24.0 Å². The summed E-state index contributed by atoms with van der Waals surface area (Å²) in [6, 6.07) is 3.42. The van der Waals surface area contributed by atoms with E-state index in [4.69, 9.17) is 10.2 Å². The highest BCUT2D eigenvalue weighted by Crippen LogP contribution is 2.05. The van der Waals surface area contributed by atoms with Crippen molar-refractivity contribution in [1.82, 2.24) is 10.3 Å². The minimum atomic E-state index is 0.187. The van der Waals surface area contributed by atoms with E-state index in [0.717, 1.165) is 18.7 Å². The zero-order valence-electron chi connectivity index (χ0n) is 8.98. The van der Waals surface area contributed by atoms with Gasteiger partial charge in [0, 0.05) is 13.2 Å². The van der Waals surface area contributed by atoms with Crippen molar-refractivity contribution in [2.45, 2.75) is 19.9 Å². The van der Waals surface area contributed by atoms with E-state index >= 15 is 0 Å². The molecule has 0 fully saturated rings. The number of nitrogens with one attached hydrogen (secondary N) is 1. The van der Waals surface area contributed by atoms with Gasteiger partial charge in [-0.05, 0) is 31.0 Å². The third-order valence-electron chi connectivity index (χ3n) is 2.23. The largest absolute Gasteiger partial charge is 0.506 e. The van der Waals surface area contributed by atoms with Crippen LogP contribution in [0.4, 0.5) is 0 Å². The maximum absolute atomic E-state index is 9.03. The predicted octanol–water partition coefficient (Wildman–Crippen LogP) is 0.895. The molecule has 0 bridgehead atoms. The molecule has 1 atom stereocenters. The molecule has 0 amide bonds. The van der Waals surface area contributed by atoms with Crippen molar-refractivity contribution in [2.75, 3.05) is 13.2 Å². The summed E-state index contributed by atoms with van der Waals surface area (Å²) >= 11 is 0. The number of aromatic nitrogens is 1. The first-order valence-electron chi connectivity index (χ1n) is 5.18. The van der Waals surface area contributed by atoms with Crippen molar-refractivity contribution in [2.24, 2.45) is 5.92 Å². The van der Waals surface area contributed by atoms with Gasteiger partial charge in [-0.25, -0.2) is 0 Å². The molecule has 4 heteroatoms. The van der Waals surface area contributed by atoms with Gasteiger partial charge in [-0.1, -0.05) is 6.92 Å². The quantitative estimate of drug-likeness (QED) is 0.652. The first-order chi connectivity index (χ1) is 7.22. The highest BCUT2D eigenvalue weighted by Gasteiger charge is 2.00. The lowest BCUT2D eigenvalue weighted by molar-refractivity contribution is 0.260. The summed E-state index contributed by atoms with van der Waals surface area (Å²) in [7, 11) is 0. The van der Waals surface area contributed by atoms with Crippen molar-refractivity contribution in [3.63, 3.8) is 0 Å². The molecule has 0 aliphatic carbocycles. The molecular formula is C11H18N2O2. The molecule has 1 aromatic heterocycles. The van der Waals surface area contributed by atoms with Gasteiger partial charge in [-0.2, -0.15) is 0 Å². The first kappa shape index (κ1) is 11.9. The normalized spacial score (nSPS) is 12.7. The van der Waals surface area contributed by atoms with Crippen molar-refractivity contribution in [3.8, 4) is 5.75 Å². The minimum absolute atomic E-state index is 0.187. The number of aliphatic hydroxyl groups excluding tert-OH is 1. The van der Waals surface area contributed by atoms with Gasteiger partial charge in [0.1, 0.15) is 5.75 Å². The topological polar surface area (TPSA) is 65.4 Å². The lowest BCUT2D eigenvalue weighted by Gasteiger charge is -2.10. The lowest BCUT2D eigenvalue weighted by atomic mass is 10.1. The average molecular weight is 210 g/mol. The van der Waals surface area contributed by atoms with E-state index < -0.39 is 0 Å². The summed E-state index contributed by atoms with van der Waals surface area (Å²) in [5.41, 5.74) is 0.906. The maximum Gasteiger partial charge on any atom is 0.133 e. The molecule has 1 unspecified atom stereocenters. The van der Waals surface area contributed by atoms with Crippen LogP contribution in [0.25, 0.3) is 0 Å². The molecule has 1 rings (SSSR count). The molecule has 3 N–H and O–H groups in total. The smallest absolute Gasteiger partial charge is 0.133 e. The van der Waals surface area contributed by atoms with Crippen LogP contribution in [0.5, 0.6) is 5.75 Å². The molecule has 15 heavy (non-hydrogen) atoms. The van der Waals surface area contributed by atoms with Crippen LogP contribution in [0, 0.1) is 5.92 Å². The summed E-state index contributed by atoms with van der Waals surface area (Å²) in [4.78, 5) is 4.06. The number of aromatic hydroxyl groups is 1. The van der Waals surface area contributed by atoms with Crippen LogP contribution in [0.2, 0.25) is 0 Å². The summed E-state index contributed by atoms with van der Waals surface area (Å²) in [5.74, 6) is 0.652. The van der Waals surface area contributed by atoms with Gasteiger partial charge >= 0.3 is 0 Å². The Balaban J connectivity index is 2.22. The van der Waals surface area contributed by atoms with E-state index in [1.165, 1.54) is 6.20 Å².